The average Bonchev–Trinajstić information content (AvgIpc) is 1.66. The zero-order valence-electron chi connectivity index (χ0n) is 5.46. The van der Waals surface area contributed by atoms with Gasteiger partial charge in [0.15, 0.2) is 0 Å². The van der Waals surface area contributed by atoms with Crippen molar-refractivity contribution in [3.05, 3.63) is 6.92 Å². The van der Waals surface area contributed by atoms with E-state index in [0.717, 1.165) is 6.42 Å². The van der Waals surface area contributed by atoms with Crippen molar-refractivity contribution in [3.8, 4) is 0 Å². The first kappa shape index (κ1) is 14.6. The van der Waals surface area contributed by atoms with Crippen LogP contribution in [0.4, 0.5) is 0 Å². The van der Waals surface area contributed by atoms with Crippen LogP contribution in [0.25, 0.3) is 0 Å². The summed E-state index contributed by atoms with van der Waals surface area (Å²) < 4.78 is 0. The van der Waals surface area contributed by atoms with Gasteiger partial charge in [-0.05, 0) is 0 Å². The first-order chi connectivity index (χ1) is 4.15. The normalized spacial score (nSPS) is 7.67. The molecule has 57 valence electrons. The van der Waals surface area contributed by atoms with Crippen LogP contribution in [0.3, 0.4) is 0 Å². The van der Waals surface area contributed by atoms with Crippen molar-refractivity contribution in [1.82, 2.24) is 0 Å². The van der Waals surface area contributed by atoms with Crippen molar-refractivity contribution in [2.75, 3.05) is 0 Å². The number of rotatable bonds is 2. The summed E-state index contributed by atoms with van der Waals surface area (Å²) in [6.45, 7) is 5.85. The fourth-order valence-corrected chi connectivity index (χ4v) is 0.250. The van der Waals surface area contributed by atoms with Crippen molar-refractivity contribution in [2.45, 2.75) is 26.2 Å². The van der Waals surface area contributed by atoms with E-state index >= 15 is 0 Å². The second kappa shape index (κ2) is 13.6. The van der Waals surface area contributed by atoms with Gasteiger partial charge in [0.25, 0.3) is 0 Å². The molecule has 0 unspecified atom stereocenters. The Bertz CT molecular complexity index is 36.4. The molecule has 0 N–H and O–H groups in total. The van der Waals surface area contributed by atoms with Gasteiger partial charge in [-0.1, -0.05) is 19.8 Å². The summed E-state index contributed by atoms with van der Waals surface area (Å²) in [5, 5.41) is 0. The molecule has 0 atom stereocenters. The third-order valence-electron chi connectivity index (χ3n) is 0.604. The Morgan fingerprint density at radius 3 is 1.67 bits per heavy atom. The van der Waals surface area contributed by atoms with Gasteiger partial charge in [-0.2, -0.15) is 6.42 Å². The molecule has 0 bridgehead atoms. The maximum absolute atomic E-state index is 3.68. The molecular formula is C5H11I3Zr-. The molecule has 0 amide bonds. The molecule has 0 aliphatic rings. The second-order valence-electron chi connectivity index (χ2n) is 1.42. The summed E-state index contributed by atoms with van der Waals surface area (Å²) in [6.07, 6.45) is 3.65. The monoisotopic (exact) mass is 542 g/mol. The zero-order chi connectivity index (χ0) is 7.70. The summed E-state index contributed by atoms with van der Waals surface area (Å²) >= 11 is 7.54. The SMILES string of the molecule is [CH2-]CCCC.[I][Zr]([I])[I]. The minimum atomic E-state index is -0.633. The molecule has 0 aromatic carbocycles. The topological polar surface area (TPSA) is 0 Å². The molecule has 0 aliphatic carbocycles. The van der Waals surface area contributed by atoms with Gasteiger partial charge < -0.3 is 6.92 Å². The van der Waals surface area contributed by atoms with E-state index < -0.39 is 9.18 Å². The molecule has 0 aromatic heterocycles. The third-order valence-corrected chi connectivity index (χ3v) is 0.604. The van der Waals surface area contributed by atoms with Crippen LogP contribution >= 0.6 is 54.1 Å². The van der Waals surface area contributed by atoms with Crippen LogP contribution in [0, 0.1) is 6.92 Å². The van der Waals surface area contributed by atoms with Gasteiger partial charge in [-0.3, -0.25) is 0 Å². The first-order valence-electron chi connectivity index (χ1n) is 2.77. The summed E-state index contributed by atoms with van der Waals surface area (Å²) in [4.78, 5) is 0. The molecule has 9 heavy (non-hydrogen) atoms. The average molecular weight is 543 g/mol. The van der Waals surface area contributed by atoms with Gasteiger partial charge in [-0.25, -0.2) is 0 Å². The van der Waals surface area contributed by atoms with E-state index in [1.807, 2.05) is 0 Å². The van der Waals surface area contributed by atoms with Crippen LogP contribution in [-0.4, -0.2) is 0 Å². The van der Waals surface area contributed by atoms with Crippen molar-refractivity contribution in [3.63, 3.8) is 0 Å². The zero-order valence-corrected chi connectivity index (χ0v) is 14.4. The number of hydrogen-bond donors (Lipinski definition) is 0. The fourth-order valence-electron chi connectivity index (χ4n) is 0.250. The number of hydrogen-bond acceptors (Lipinski definition) is 0. The van der Waals surface area contributed by atoms with E-state index in [4.69, 9.17) is 0 Å². The van der Waals surface area contributed by atoms with E-state index in [-0.39, 0.29) is 0 Å². The van der Waals surface area contributed by atoms with Crippen molar-refractivity contribution < 1.29 is 9.18 Å². The van der Waals surface area contributed by atoms with Crippen molar-refractivity contribution in [1.29, 1.82) is 0 Å². The van der Waals surface area contributed by atoms with Gasteiger partial charge in [0.2, 0.25) is 0 Å². The molecule has 0 fully saturated rings. The van der Waals surface area contributed by atoms with Crippen LogP contribution in [-0.2, 0) is 9.18 Å². The molecule has 0 nitrogen and oxygen atoms in total. The molecular weight excluding hydrogens is 532 g/mol. The summed E-state index contributed by atoms with van der Waals surface area (Å²) in [7, 11) is -0.633. The van der Waals surface area contributed by atoms with Gasteiger partial charge >= 0.3 is 63.3 Å². The molecule has 0 saturated heterocycles. The number of unbranched alkanes of at least 4 members (excludes halogenated alkanes) is 2. The molecule has 0 aromatic rings. The predicted octanol–water partition coefficient (Wildman–Crippen LogP) is 4.67. The summed E-state index contributed by atoms with van der Waals surface area (Å²) in [5.74, 6) is 0. The maximum atomic E-state index is 3.68. The Labute approximate surface area is 94.1 Å². The van der Waals surface area contributed by atoms with Crippen LogP contribution in [0.5, 0.6) is 0 Å². The molecule has 0 spiro atoms. The van der Waals surface area contributed by atoms with E-state index in [9.17, 15) is 0 Å². The number of halogens is 3. The van der Waals surface area contributed by atoms with Crippen LogP contribution in [0.2, 0.25) is 0 Å². The summed E-state index contributed by atoms with van der Waals surface area (Å²) in [5.41, 5.74) is 0. The predicted molar refractivity (Wildman–Crippen MR) is 66.9 cm³/mol. The molecule has 0 aliphatic heterocycles. The van der Waals surface area contributed by atoms with Gasteiger partial charge in [0, 0.05) is 0 Å². The summed E-state index contributed by atoms with van der Waals surface area (Å²) in [6, 6.07) is 0. The Morgan fingerprint density at radius 1 is 1.33 bits per heavy atom. The Kier molecular flexibility index (Phi) is 22.1. The quantitative estimate of drug-likeness (QED) is 0.352. The van der Waals surface area contributed by atoms with E-state index in [1.54, 1.807) is 0 Å². The molecule has 4 heteroatoms. The van der Waals surface area contributed by atoms with E-state index in [1.165, 1.54) is 12.8 Å². The van der Waals surface area contributed by atoms with E-state index in [2.05, 4.69) is 68.0 Å². The standard InChI is InChI=1S/C5H11.3HI.Zr/c1-3-5-4-2;;;;/h1,3-5H2,2H3;3*1H;/q-1;;;;+3/p-3. The Hall–Kier alpha value is 3.07. The Balaban J connectivity index is 0. The molecule has 0 radical (unpaired) electrons. The van der Waals surface area contributed by atoms with Crippen LogP contribution in [0.15, 0.2) is 0 Å². The third kappa shape index (κ3) is 35.4. The fraction of sp³-hybridized carbons (Fsp3) is 0.800. The molecule has 0 heterocycles. The molecule has 0 saturated carbocycles. The van der Waals surface area contributed by atoms with Gasteiger partial charge in [0.05, 0.1) is 0 Å². The van der Waals surface area contributed by atoms with Gasteiger partial charge in [0.1, 0.15) is 0 Å². The second-order valence-corrected chi connectivity index (χ2v) is 58.3. The first-order valence-corrected chi connectivity index (χ1v) is 24.7. The Morgan fingerprint density at radius 2 is 1.67 bits per heavy atom. The minimum absolute atomic E-state index is 0.633. The van der Waals surface area contributed by atoms with Crippen LogP contribution < -0.4 is 0 Å². The van der Waals surface area contributed by atoms with Crippen LogP contribution in [0.1, 0.15) is 26.2 Å². The van der Waals surface area contributed by atoms with E-state index in [0.29, 0.717) is 0 Å². The molecule has 0 rings (SSSR count). The van der Waals surface area contributed by atoms with Crippen molar-refractivity contribution >= 4 is 54.1 Å². The van der Waals surface area contributed by atoms with Crippen molar-refractivity contribution in [2.24, 2.45) is 0 Å². The van der Waals surface area contributed by atoms with Gasteiger partial charge in [-0.15, -0.1) is 0 Å².